The summed E-state index contributed by atoms with van der Waals surface area (Å²) >= 11 is 9.37. The Morgan fingerprint density at radius 2 is 2.05 bits per heavy atom. The molecule has 0 radical (unpaired) electrons. The van der Waals surface area contributed by atoms with E-state index in [9.17, 15) is 4.39 Å². The molecule has 2 rings (SSSR count). The predicted octanol–water partition coefficient (Wildman–Crippen LogP) is 4.30. The molecule has 0 aliphatic carbocycles. The molecular formula is C15H15BrClFN2. The SMILES string of the molecule is Cc1cc(C(Cc2cc(Br)ccc2F)NN)ccc1Cl. The van der Waals surface area contributed by atoms with Gasteiger partial charge in [0.15, 0.2) is 0 Å². The maximum atomic E-state index is 13.8. The van der Waals surface area contributed by atoms with Crippen LogP contribution < -0.4 is 11.3 Å². The summed E-state index contributed by atoms with van der Waals surface area (Å²) in [5, 5.41) is 0.707. The minimum atomic E-state index is -0.237. The standard InChI is InChI=1S/C15H15BrClFN2/c1-9-6-10(2-4-13(9)17)15(20-19)8-11-7-12(16)3-5-14(11)18/h2-7,15,20H,8,19H2,1H3. The molecule has 2 nitrogen and oxygen atoms in total. The fourth-order valence-electron chi connectivity index (χ4n) is 2.08. The largest absolute Gasteiger partial charge is 0.271 e. The van der Waals surface area contributed by atoms with Crippen LogP contribution in [-0.4, -0.2) is 0 Å². The Balaban J connectivity index is 2.28. The molecular weight excluding hydrogens is 343 g/mol. The molecule has 0 saturated heterocycles. The second kappa shape index (κ2) is 6.68. The highest BCUT2D eigenvalue weighted by atomic mass is 79.9. The molecule has 0 amide bonds. The number of nitrogens with two attached hydrogens (primary N) is 1. The average Bonchev–Trinajstić information content (AvgIpc) is 2.43. The van der Waals surface area contributed by atoms with Crippen LogP contribution in [0.15, 0.2) is 40.9 Å². The Bertz CT molecular complexity index is 619. The van der Waals surface area contributed by atoms with E-state index in [1.54, 1.807) is 12.1 Å². The number of hydrogen-bond donors (Lipinski definition) is 2. The van der Waals surface area contributed by atoms with Gasteiger partial charge in [0.05, 0.1) is 6.04 Å². The van der Waals surface area contributed by atoms with Gasteiger partial charge in [-0.2, -0.15) is 0 Å². The lowest BCUT2D eigenvalue weighted by atomic mass is 9.98. The van der Waals surface area contributed by atoms with Gasteiger partial charge in [-0.1, -0.05) is 39.7 Å². The Hall–Kier alpha value is -0.940. The molecule has 0 aliphatic heterocycles. The number of hydrogen-bond acceptors (Lipinski definition) is 2. The van der Waals surface area contributed by atoms with Gasteiger partial charge in [-0.3, -0.25) is 11.3 Å². The smallest absolute Gasteiger partial charge is 0.126 e. The van der Waals surface area contributed by atoms with Crippen LogP contribution in [-0.2, 0) is 6.42 Å². The van der Waals surface area contributed by atoms with Crippen LogP contribution in [0.1, 0.15) is 22.7 Å². The quantitative estimate of drug-likeness (QED) is 0.632. The molecule has 0 aliphatic rings. The number of rotatable bonds is 4. The summed E-state index contributed by atoms with van der Waals surface area (Å²) in [6.45, 7) is 1.93. The first-order chi connectivity index (χ1) is 9.51. The minimum Gasteiger partial charge on any atom is -0.271 e. The lowest BCUT2D eigenvalue weighted by Crippen LogP contribution is -2.29. The van der Waals surface area contributed by atoms with Gasteiger partial charge in [0.1, 0.15) is 5.82 Å². The van der Waals surface area contributed by atoms with Gasteiger partial charge in [-0.05, 0) is 54.3 Å². The lowest BCUT2D eigenvalue weighted by Gasteiger charge is -2.18. The Kier molecular flexibility index (Phi) is 5.16. The van der Waals surface area contributed by atoms with Crippen molar-refractivity contribution < 1.29 is 4.39 Å². The zero-order valence-electron chi connectivity index (χ0n) is 11.0. The van der Waals surface area contributed by atoms with Crippen molar-refractivity contribution in [1.29, 1.82) is 0 Å². The molecule has 0 fully saturated rings. The monoisotopic (exact) mass is 356 g/mol. The third-order valence-corrected chi connectivity index (χ3v) is 4.13. The van der Waals surface area contributed by atoms with Crippen molar-refractivity contribution in [2.75, 3.05) is 0 Å². The molecule has 5 heteroatoms. The molecule has 2 aromatic rings. The van der Waals surface area contributed by atoms with Gasteiger partial charge >= 0.3 is 0 Å². The van der Waals surface area contributed by atoms with E-state index in [2.05, 4.69) is 21.4 Å². The number of hydrazine groups is 1. The van der Waals surface area contributed by atoms with E-state index in [-0.39, 0.29) is 11.9 Å². The second-order valence-corrected chi connectivity index (χ2v) is 5.99. The number of aryl methyl sites for hydroxylation is 1. The van der Waals surface area contributed by atoms with Gasteiger partial charge in [0.25, 0.3) is 0 Å². The minimum absolute atomic E-state index is 0.172. The van der Waals surface area contributed by atoms with Crippen molar-refractivity contribution in [3.05, 3.63) is 68.4 Å². The Morgan fingerprint density at radius 3 is 2.70 bits per heavy atom. The van der Waals surface area contributed by atoms with Crippen molar-refractivity contribution in [3.63, 3.8) is 0 Å². The highest BCUT2D eigenvalue weighted by molar-refractivity contribution is 9.10. The van der Waals surface area contributed by atoms with Gasteiger partial charge in [-0.25, -0.2) is 4.39 Å². The summed E-state index contributed by atoms with van der Waals surface area (Å²) < 4.78 is 14.7. The summed E-state index contributed by atoms with van der Waals surface area (Å²) in [5.74, 6) is 5.37. The van der Waals surface area contributed by atoms with Crippen LogP contribution in [0.3, 0.4) is 0 Å². The Morgan fingerprint density at radius 1 is 1.30 bits per heavy atom. The van der Waals surface area contributed by atoms with Crippen molar-refractivity contribution in [3.8, 4) is 0 Å². The van der Waals surface area contributed by atoms with Crippen molar-refractivity contribution in [2.45, 2.75) is 19.4 Å². The van der Waals surface area contributed by atoms with E-state index in [4.69, 9.17) is 17.4 Å². The highest BCUT2D eigenvalue weighted by Crippen LogP contribution is 2.25. The molecule has 1 unspecified atom stereocenters. The Labute approximate surface area is 131 Å². The predicted molar refractivity (Wildman–Crippen MR) is 84.1 cm³/mol. The first kappa shape index (κ1) is 15.4. The molecule has 0 spiro atoms. The summed E-state index contributed by atoms with van der Waals surface area (Å²) in [6.07, 6.45) is 0.461. The van der Waals surface area contributed by atoms with Crippen LogP contribution >= 0.6 is 27.5 Å². The zero-order chi connectivity index (χ0) is 14.7. The number of benzene rings is 2. The van der Waals surface area contributed by atoms with Crippen LogP contribution in [0, 0.1) is 12.7 Å². The van der Waals surface area contributed by atoms with Gasteiger partial charge in [-0.15, -0.1) is 0 Å². The summed E-state index contributed by atoms with van der Waals surface area (Å²) in [4.78, 5) is 0. The van der Waals surface area contributed by atoms with E-state index >= 15 is 0 Å². The van der Waals surface area contributed by atoms with E-state index in [1.807, 2.05) is 25.1 Å². The zero-order valence-corrected chi connectivity index (χ0v) is 13.3. The topological polar surface area (TPSA) is 38.0 Å². The molecule has 0 heterocycles. The number of nitrogens with one attached hydrogen (secondary N) is 1. The maximum Gasteiger partial charge on any atom is 0.126 e. The van der Waals surface area contributed by atoms with Gasteiger partial charge in [0.2, 0.25) is 0 Å². The van der Waals surface area contributed by atoms with Crippen LogP contribution in [0.4, 0.5) is 4.39 Å². The highest BCUT2D eigenvalue weighted by Gasteiger charge is 2.14. The van der Waals surface area contributed by atoms with E-state index in [0.717, 1.165) is 15.6 Å². The van der Waals surface area contributed by atoms with E-state index < -0.39 is 0 Å². The summed E-state index contributed by atoms with van der Waals surface area (Å²) in [7, 11) is 0. The molecule has 0 saturated carbocycles. The van der Waals surface area contributed by atoms with Crippen molar-refractivity contribution in [2.24, 2.45) is 5.84 Å². The third-order valence-electron chi connectivity index (χ3n) is 3.22. The van der Waals surface area contributed by atoms with Crippen molar-refractivity contribution >= 4 is 27.5 Å². The molecule has 20 heavy (non-hydrogen) atoms. The fourth-order valence-corrected chi connectivity index (χ4v) is 2.60. The van der Waals surface area contributed by atoms with E-state index in [1.165, 1.54) is 6.07 Å². The molecule has 106 valence electrons. The third kappa shape index (κ3) is 3.58. The summed E-state index contributed by atoms with van der Waals surface area (Å²) in [6, 6.07) is 10.4. The fraction of sp³-hybridized carbons (Fsp3) is 0.200. The molecule has 3 N–H and O–H groups in total. The van der Waals surface area contributed by atoms with Crippen LogP contribution in [0.25, 0.3) is 0 Å². The van der Waals surface area contributed by atoms with E-state index in [0.29, 0.717) is 17.0 Å². The normalized spacial score (nSPS) is 12.4. The molecule has 0 aromatic heterocycles. The number of halogens is 3. The second-order valence-electron chi connectivity index (χ2n) is 4.67. The first-order valence-corrected chi connectivity index (χ1v) is 7.34. The molecule has 0 bridgehead atoms. The molecule has 2 aromatic carbocycles. The molecule has 1 atom stereocenters. The van der Waals surface area contributed by atoms with Crippen LogP contribution in [0.2, 0.25) is 5.02 Å². The average molecular weight is 358 g/mol. The van der Waals surface area contributed by atoms with Gasteiger partial charge < -0.3 is 0 Å². The van der Waals surface area contributed by atoms with Gasteiger partial charge in [0, 0.05) is 9.50 Å². The lowest BCUT2D eigenvalue weighted by molar-refractivity contribution is 0.528. The van der Waals surface area contributed by atoms with Crippen molar-refractivity contribution in [1.82, 2.24) is 5.43 Å². The maximum absolute atomic E-state index is 13.8. The first-order valence-electron chi connectivity index (χ1n) is 6.17. The van der Waals surface area contributed by atoms with Crippen LogP contribution in [0.5, 0.6) is 0 Å². The summed E-state index contributed by atoms with van der Waals surface area (Å²) in [5.41, 5.74) is 5.29.